The summed E-state index contributed by atoms with van der Waals surface area (Å²) in [5, 5.41) is 3.46. The van der Waals surface area contributed by atoms with E-state index in [-0.39, 0.29) is 0 Å². The van der Waals surface area contributed by atoms with Crippen molar-refractivity contribution >= 4 is 0 Å². The molecule has 96 valence electrons. The number of ether oxygens (including phenoxy) is 1. The molecular formula is C15H25NO. The highest BCUT2D eigenvalue weighted by Gasteiger charge is 2.23. The van der Waals surface area contributed by atoms with Crippen LogP contribution in [-0.2, 0) is 6.42 Å². The average Bonchev–Trinajstić information content (AvgIpc) is 2.37. The van der Waals surface area contributed by atoms with Gasteiger partial charge in [-0.05, 0) is 36.4 Å². The average molecular weight is 235 g/mol. The van der Waals surface area contributed by atoms with E-state index in [4.69, 9.17) is 4.74 Å². The van der Waals surface area contributed by atoms with E-state index < -0.39 is 0 Å². The Hall–Kier alpha value is -1.02. The van der Waals surface area contributed by atoms with E-state index >= 15 is 0 Å². The maximum atomic E-state index is 5.42. The molecule has 0 bridgehead atoms. The zero-order valence-electron chi connectivity index (χ0n) is 11.5. The first-order valence-electron chi connectivity index (χ1n) is 6.48. The number of hydrogen-bond acceptors (Lipinski definition) is 2. The fourth-order valence-electron chi connectivity index (χ4n) is 2.05. The number of rotatable bonds is 7. The molecule has 1 unspecified atom stereocenters. The van der Waals surface area contributed by atoms with Crippen LogP contribution in [0.4, 0.5) is 0 Å². The highest BCUT2D eigenvalue weighted by Crippen LogP contribution is 2.30. The first kappa shape index (κ1) is 14.0. The Morgan fingerprint density at radius 3 is 2.53 bits per heavy atom. The smallest absolute Gasteiger partial charge is 0.122 e. The van der Waals surface area contributed by atoms with Crippen molar-refractivity contribution in [3.8, 4) is 5.75 Å². The lowest BCUT2D eigenvalue weighted by molar-refractivity contribution is 0.288. The number of nitrogens with one attached hydrogen (secondary N) is 1. The summed E-state index contributed by atoms with van der Waals surface area (Å²) in [6.07, 6.45) is 2.22. The Bertz CT molecular complexity index is 337. The molecule has 2 heteroatoms. The molecular weight excluding hydrogens is 210 g/mol. The molecule has 0 heterocycles. The molecule has 0 radical (unpaired) electrons. The molecule has 0 fully saturated rings. The van der Waals surface area contributed by atoms with Gasteiger partial charge in [0.2, 0.25) is 0 Å². The molecule has 0 aromatic heterocycles. The van der Waals surface area contributed by atoms with Crippen molar-refractivity contribution in [2.75, 3.05) is 20.2 Å². The van der Waals surface area contributed by atoms with E-state index in [1.807, 2.05) is 12.1 Å². The molecule has 1 N–H and O–H groups in total. The van der Waals surface area contributed by atoms with Gasteiger partial charge in [0.05, 0.1) is 7.11 Å². The summed E-state index contributed by atoms with van der Waals surface area (Å²) in [6, 6.07) is 8.31. The Labute approximate surface area is 105 Å². The molecule has 0 aliphatic carbocycles. The van der Waals surface area contributed by atoms with Gasteiger partial charge in [0.25, 0.3) is 0 Å². The zero-order valence-corrected chi connectivity index (χ0v) is 11.5. The molecule has 17 heavy (non-hydrogen) atoms. The van der Waals surface area contributed by atoms with Gasteiger partial charge in [-0.2, -0.15) is 0 Å². The van der Waals surface area contributed by atoms with Crippen molar-refractivity contribution < 1.29 is 4.74 Å². The topological polar surface area (TPSA) is 21.3 Å². The first-order chi connectivity index (χ1) is 8.15. The molecule has 1 aromatic rings. The van der Waals surface area contributed by atoms with E-state index in [0.29, 0.717) is 5.41 Å². The highest BCUT2D eigenvalue weighted by atomic mass is 16.5. The van der Waals surface area contributed by atoms with Crippen LogP contribution in [-0.4, -0.2) is 20.2 Å². The Balaban J connectivity index is 2.79. The number of hydrogen-bond donors (Lipinski definition) is 1. The summed E-state index contributed by atoms with van der Waals surface area (Å²) in [5.74, 6) is 1.00. The zero-order chi connectivity index (χ0) is 12.7. The van der Waals surface area contributed by atoms with E-state index in [2.05, 4.69) is 38.2 Å². The van der Waals surface area contributed by atoms with Gasteiger partial charge in [-0.3, -0.25) is 0 Å². The van der Waals surface area contributed by atoms with E-state index in [1.165, 1.54) is 5.56 Å². The second-order valence-electron chi connectivity index (χ2n) is 4.93. The Kier molecular flexibility index (Phi) is 5.49. The quantitative estimate of drug-likeness (QED) is 0.783. The van der Waals surface area contributed by atoms with Crippen LogP contribution >= 0.6 is 0 Å². The third-order valence-corrected chi connectivity index (χ3v) is 3.47. The van der Waals surface area contributed by atoms with Crippen LogP contribution in [0.2, 0.25) is 0 Å². The number of benzene rings is 1. The summed E-state index contributed by atoms with van der Waals surface area (Å²) < 4.78 is 5.42. The predicted molar refractivity (Wildman–Crippen MR) is 73.6 cm³/mol. The van der Waals surface area contributed by atoms with Crippen LogP contribution < -0.4 is 10.1 Å². The third kappa shape index (κ3) is 4.04. The Morgan fingerprint density at radius 1 is 1.24 bits per heavy atom. The van der Waals surface area contributed by atoms with E-state index in [1.54, 1.807) is 7.11 Å². The summed E-state index contributed by atoms with van der Waals surface area (Å²) in [7, 11) is 1.74. The summed E-state index contributed by atoms with van der Waals surface area (Å²) in [6.45, 7) is 8.83. The second-order valence-corrected chi connectivity index (χ2v) is 4.93. The lowest BCUT2D eigenvalue weighted by Crippen LogP contribution is -2.33. The van der Waals surface area contributed by atoms with Gasteiger partial charge in [0.1, 0.15) is 5.75 Å². The minimum Gasteiger partial charge on any atom is -0.496 e. The van der Waals surface area contributed by atoms with Crippen LogP contribution in [0.15, 0.2) is 24.3 Å². The predicted octanol–water partition coefficient (Wildman–Crippen LogP) is 3.26. The molecule has 0 amide bonds. The lowest BCUT2D eigenvalue weighted by Gasteiger charge is -2.29. The van der Waals surface area contributed by atoms with Crippen LogP contribution in [0.25, 0.3) is 0 Å². The minimum atomic E-state index is 0.296. The largest absolute Gasteiger partial charge is 0.496 e. The van der Waals surface area contributed by atoms with E-state index in [0.717, 1.165) is 31.7 Å². The van der Waals surface area contributed by atoms with Gasteiger partial charge in [0, 0.05) is 6.54 Å². The molecule has 0 saturated heterocycles. The van der Waals surface area contributed by atoms with Crippen molar-refractivity contribution in [2.24, 2.45) is 5.41 Å². The molecule has 0 spiro atoms. The van der Waals surface area contributed by atoms with Gasteiger partial charge >= 0.3 is 0 Å². The SMILES string of the molecule is CCNCC(C)(CC)Cc1ccccc1OC. The van der Waals surface area contributed by atoms with Gasteiger partial charge in [-0.1, -0.05) is 39.0 Å². The van der Waals surface area contributed by atoms with Gasteiger partial charge in [0.15, 0.2) is 0 Å². The highest BCUT2D eigenvalue weighted by molar-refractivity contribution is 5.34. The van der Waals surface area contributed by atoms with Gasteiger partial charge in [-0.25, -0.2) is 0 Å². The maximum Gasteiger partial charge on any atom is 0.122 e. The summed E-state index contributed by atoms with van der Waals surface area (Å²) >= 11 is 0. The van der Waals surface area contributed by atoms with E-state index in [9.17, 15) is 0 Å². The maximum absolute atomic E-state index is 5.42. The minimum absolute atomic E-state index is 0.296. The van der Waals surface area contributed by atoms with Crippen LogP contribution in [0.5, 0.6) is 5.75 Å². The second kappa shape index (κ2) is 6.65. The fourth-order valence-corrected chi connectivity index (χ4v) is 2.05. The molecule has 0 aliphatic heterocycles. The van der Waals surface area contributed by atoms with Crippen molar-refractivity contribution in [1.82, 2.24) is 5.32 Å². The molecule has 2 nitrogen and oxygen atoms in total. The molecule has 0 aliphatic rings. The Morgan fingerprint density at radius 2 is 1.94 bits per heavy atom. The van der Waals surface area contributed by atoms with Crippen molar-refractivity contribution in [3.05, 3.63) is 29.8 Å². The van der Waals surface area contributed by atoms with Crippen LogP contribution in [0.1, 0.15) is 32.8 Å². The molecule has 1 aromatic carbocycles. The fraction of sp³-hybridized carbons (Fsp3) is 0.600. The van der Waals surface area contributed by atoms with Crippen molar-refractivity contribution in [1.29, 1.82) is 0 Å². The first-order valence-corrected chi connectivity index (χ1v) is 6.48. The standard InChI is InChI=1S/C15H25NO/c1-5-15(3,12-16-6-2)11-13-9-7-8-10-14(13)17-4/h7-10,16H,5-6,11-12H2,1-4H3. The van der Waals surface area contributed by atoms with Crippen molar-refractivity contribution in [2.45, 2.75) is 33.6 Å². The normalized spacial score (nSPS) is 14.4. The van der Waals surface area contributed by atoms with Gasteiger partial charge in [-0.15, -0.1) is 0 Å². The van der Waals surface area contributed by atoms with Gasteiger partial charge < -0.3 is 10.1 Å². The third-order valence-electron chi connectivity index (χ3n) is 3.47. The molecule has 0 saturated carbocycles. The lowest BCUT2D eigenvalue weighted by atomic mass is 9.81. The summed E-state index contributed by atoms with van der Waals surface area (Å²) in [4.78, 5) is 0. The van der Waals surface area contributed by atoms with Crippen LogP contribution in [0, 0.1) is 5.41 Å². The molecule has 1 atom stereocenters. The summed E-state index contributed by atoms with van der Waals surface area (Å²) in [5.41, 5.74) is 1.60. The number of methoxy groups -OCH3 is 1. The van der Waals surface area contributed by atoms with Crippen LogP contribution in [0.3, 0.4) is 0 Å². The van der Waals surface area contributed by atoms with Crippen molar-refractivity contribution in [3.63, 3.8) is 0 Å². The monoisotopic (exact) mass is 235 g/mol. The molecule has 1 rings (SSSR count). The number of para-hydroxylation sites is 1.